The first-order valence-corrected chi connectivity index (χ1v) is 4.95. The van der Waals surface area contributed by atoms with Crippen molar-refractivity contribution >= 4 is 0 Å². The maximum Gasteiger partial charge on any atom is 0.161 e. The molecule has 4 nitrogen and oxygen atoms in total. The molecule has 15 heavy (non-hydrogen) atoms. The minimum Gasteiger partial charge on any atom is -0.486 e. The third kappa shape index (κ3) is 2.61. The number of aliphatic hydroxyl groups excluding tert-OH is 1. The molecule has 0 bridgehead atoms. The van der Waals surface area contributed by atoms with Gasteiger partial charge in [0.1, 0.15) is 12.7 Å². The van der Waals surface area contributed by atoms with Gasteiger partial charge in [0, 0.05) is 13.1 Å². The average Bonchev–Trinajstić information content (AvgIpc) is 2.29. The highest BCUT2D eigenvalue weighted by Crippen LogP contribution is 2.30. The molecule has 1 aliphatic rings. The largest absolute Gasteiger partial charge is 0.486 e. The summed E-state index contributed by atoms with van der Waals surface area (Å²) in [6.07, 6.45) is -0.000139. The Balaban J connectivity index is 1.88. The van der Waals surface area contributed by atoms with Crippen molar-refractivity contribution in [3.8, 4) is 11.5 Å². The van der Waals surface area contributed by atoms with Crippen LogP contribution in [0.15, 0.2) is 24.3 Å². The van der Waals surface area contributed by atoms with Crippen molar-refractivity contribution in [1.29, 1.82) is 0 Å². The summed E-state index contributed by atoms with van der Waals surface area (Å²) in [6, 6.07) is 7.61. The van der Waals surface area contributed by atoms with Crippen molar-refractivity contribution < 1.29 is 14.6 Å². The van der Waals surface area contributed by atoms with Gasteiger partial charge in [-0.15, -0.1) is 0 Å². The summed E-state index contributed by atoms with van der Waals surface area (Å²) < 4.78 is 11.2. The molecule has 2 N–H and O–H groups in total. The molecule has 0 spiro atoms. The van der Waals surface area contributed by atoms with Gasteiger partial charge < -0.3 is 19.9 Å². The van der Waals surface area contributed by atoms with Gasteiger partial charge in [-0.25, -0.2) is 0 Å². The van der Waals surface area contributed by atoms with Crippen LogP contribution in [-0.2, 0) is 0 Å². The number of ether oxygens (including phenoxy) is 2. The third-order valence-corrected chi connectivity index (χ3v) is 2.18. The van der Waals surface area contributed by atoms with E-state index in [-0.39, 0.29) is 6.10 Å². The molecule has 1 radical (unpaired) electrons. The van der Waals surface area contributed by atoms with Gasteiger partial charge in [0.25, 0.3) is 0 Å². The molecular weight excluding hydrogens is 194 g/mol. The molecule has 1 heterocycles. The van der Waals surface area contributed by atoms with Crippen molar-refractivity contribution in [2.75, 3.05) is 19.7 Å². The predicted octanol–water partition coefficient (Wildman–Crippen LogP) is 0.950. The van der Waals surface area contributed by atoms with Crippen molar-refractivity contribution in [3.05, 3.63) is 30.9 Å². The first kappa shape index (κ1) is 10.3. The maximum atomic E-state index is 8.49. The summed E-state index contributed by atoms with van der Waals surface area (Å²) in [4.78, 5) is 0. The topological polar surface area (TPSA) is 50.7 Å². The van der Waals surface area contributed by atoms with Crippen molar-refractivity contribution in [2.24, 2.45) is 0 Å². The molecule has 1 aromatic rings. The lowest BCUT2D eigenvalue weighted by atomic mass is 10.2. The SMILES string of the molecule is O[CH]CNCC1COc2ccccc2O1. The zero-order valence-electron chi connectivity index (χ0n) is 8.35. The first-order valence-electron chi connectivity index (χ1n) is 4.95. The van der Waals surface area contributed by atoms with E-state index < -0.39 is 0 Å². The van der Waals surface area contributed by atoms with Crippen LogP contribution in [-0.4, -0.2) is 30.9 Å². The summed E-state index contributed by atoms with van der Waals surface area (Å²) >= 11 is 0. The van der Waals surface area contributed by atoms with E-state index in [4.69, 9.17) is 14.6 Å². The second-order valence-corrected chi connectivity index (χ2v) is 3.34. The lowest BCUT2D eigenvalue weighted by Crippen LogP contribution is -2.38. The second kappa shape index (κ2) is 5.00. The van der Waals surface area contributed by atoms with Gasteiger partial charge in [0.15, 0.2) is 11.5 Å². The second-order valence-electron chi connectivity index (χ2n) is 3.34. The summed E-state index contributed by atoms with van der Waals surface area (Å²) in [7, 11) is 0. The van der Waals surface area contributed by atoms with Gasteiger partial charge in [0.05, 0.1) is 6.61 Å². The maximum absolute atomic E-state index is 8.49. The molecular formula is C11H14NO3. The predicted molar refractivity (Wildman–Crippen MR) is 55.5 cm³/mol. The van der Waals surface area contributed by atoms with Gasteiger partial charge in [-0.2, -0.15) is 0 Å². The van der Waals surface area contributed by atoms with Crippen LogP contribution in [0.4, 0.5) is 0 Å². The van der Waals surface area contributed by atoms with E-state index in [1.54, 1.807) is 0 Å². The normalized spacial score (nSPS) is 18.9. The van der Waals surface area contributed by atoms with Crippen LogP contribution in [0.5, 0.6) is 11.5 Å². The van der Waals surface area contributed by atoms with E-state index in [2.05, 4.69) is 5.32 Å². The van der Waals surface area contributed by atoms with E-state index in [1.807, 2.05) is 24.3 Å². The molecule has 81 valence electrons. The summed E-state index contributed by atoms with van der Waals surface area (Å²) in [6.45, 7) is 2.74. The Morgan fingerprint density at radius 3 is 3.00 bits per heavy atom. The summed E-state index contributed by atoms with van der Waals surface area (Å²) in [5.74, 6) is 1.57. The Kier molecular flexibility index (Phi) is 3.42. The molecule has 1 atom stereocenters. The Hall–Kier alpha value is -1.26. The van der Waals surface area contributed by atoms with Crippen LogP contribution < -0.4 is 14.8 Å². The van der Waals surface area contributed by atoms with E-state index in [0.29, 0.717) is 19.7 Å². The van der Waals surface area contributed by atoms with Crippen molar-refractivity contribution in [2.45, 2.75) is 6.10 Å². The standard InChI is InChI=1S/C11H14NO3/c13-6-5-12-7-9-8-14-10-3-1-2-4-11(10)15-9/h1-4,6,9,12-13H,5,7-8H2. The van der Waals surface area contributed by atoms with Gasteiger partial charge >= 0.3 is 0 Å². The molecule has 1 unspecified atom stereocenters. The minimum absolute atomic E-state index is 0.000139. The van der Waals surface area contributed by atoms with Gasteiger partial charge in [-0.05, 0) is 12.1 Å². The van der Waals surface area contributed by atoms with Crippen molar-refractivity contribution in [1.82, 2.24) is 5.32 Å². The smallest absolute Gasteiger partial charge is 0.161 e. The number of para-hydroxylation sites is 2. The molecule has 0 amide bonds. The van der Waals surface area contributed by atoms with E-state index in [1.165, 1.54) is 0 Å². The number of aliphatic hydroxyl groups is 1. The molecule has 0 saturated carbocycles. The molecule has 0 saturated heterocycles. The molecule has 1 aromatic carbocycles. The van der Waals surface area contributed by atoms with E-state index >= 15 is 0 Å². The fourth-order valence-electron chi connectivity index (χ4n) is 1.47. The highest BCUT2D eigenvalue weighted by molar-refractivity contribution is 5.40. The molecule has 2 rings (SSSR count). The molecule has 1 aliphatic heterocycles. The van der Waals surface area contributed by atoms with E-state index in [9.17, 15) is 0 Å². The number of rotatable bonds is 4. The Bertz CT molecular complexity index is 316. The van der Waals surface area contributed by atoms with E-state index in [0.717, 1.165) is 18.1 Å². The first-order chi connectivity index (χ1) is 7.40. The molecule has 0 aromatic heterocycles. The van der Waals surface area contributed by atoms with Gasteiger partial charge in [0.2, 0.25) is 0 Å². The molecule has 4 heteroatoms. The minimum atomic E-state index is -0.000139. The third-order valence-electron chi connectivity index (χ3n) is 2.18. The lowest BCUT2D eigenvalue weighted by Gasteiger charge is -2.26. The summed E-state index contributed by atoms with van der Waals surface area (Å²) in [5, 5.41) is 11.5. The fraction of sp³-hybridized carbons (Fsp3) is 0.364. The van der Waals surface area contributed by atoms with Crippen LogP contribution in [0.1, 0.15) is 0 Å². The van der Waals surface area contributed by atoms with Crippen LogP contribution >= 0.6 is 0 Å². The monoisotopic (exact) mass is 208 g/mol. The van der Waals surface area contributed by atoms with Crippen molar-refractivity contribution in [3.63, 3.8) is 0 Å². The number of fused-ring (bicyclic) bond motifs is 1. The number of hydrogen-bond acceptors (Lipinski definition) is 4. The quantitative estimate of drug-likeness (QED) is 0.723. The van der Waals surface area contributed by atoms with Gasteiger partial charge in [-0.3, -0.25) is 0 Å². The zero-order chi connectivity index (χ0) is 10.5. The van der Waals surface area contributed by atoms with Crippen LogP contribution in [0.25, 0.3) is 0 Å². The lowest BCUT2D eigenvalue weighted by molar-refractivity contribution is 0.0904. The summed E-state index contributed by atoms with van der Waals surface area (Å²) in [5.41, 5.74) is 0. The van der Waals surface area contributed by atoms with Crippen LogP contribution in [0, 0.1) is 6.61 Å². The highest BCUT2D eigenvalue weighted by atomic mass is 16.6. The number of hydrogen-bond donors (Lipinski definition) is 2. The highest BCUT2D eigenvalue weighted by Gasteiger charge is 2.19. The molecule has 0 fully saturated rings. The number of nitrogens with one attached hydrogen (secondary N) is 1. The average molecular weight is 208 g/mol. The Morgan fingerprint density at radius 2 is 2.20 bits per heavy atom. The Labute approximate surface area is 88.8 Å². The zero-order valence-corrected chi connectivity index (χ0v) is 8.35. The van der Waals surface area contributed by atoms with Gasteiger partial charge in [-0.1, -0.05) is 12.1 Å². The van der Waals surface area contributed by atoms with Crippen LogP contribution in [0.2, 0.25) is 0 Å². The fourth-order valence-corrected chi connectivity index (χ4v) is 1.47. The molecule has 0 aliphatic carbocycles. The Morgan fingerprint density at radius 1 is 1.40 bits per heavy atom. The van der Waals surface area contributed by atoms with Crippen LogP contribution in [0.3, 0.4) is 0 Å². The number of benzene rings is 1.